The molecule has 0 aliphatic carbocycles. The quantitative estimate of drug-likeness (QED) is 0.690. The summed E-state index contributed by atoms with van der Waals surface area (Å²) in [5.41, 5.74) is 1.02. The van der Waals surface area contributed by atoms with Crippen LogP contribution in [0.4, 0.5) is 11.4 Å². The Balaban J connectivity index is 2.40. The summed E-state index contributed by atoms with van der Waals surface area (Å²) in [6, 6.07) is 13.0. The van der Waals surface area contributed by atoms with Gasteiger partial charge >= 0.3 is 0 Å². The predicted octanol–water partition coefficient (Wildman–Crippen LogP) is 4.25. The fourth-order valence-corrected chi connectivity index (χ4v) is 4.58. The number of hydrogen-bond donors (Lipinski definition) is 1. The number of rotatable bonds is 7. The van der Waals surface area contributed by atoms with Crippen molar-refractivity contribution in [3.8, 4) is 0 Å². The van der Waals surface area contributed by atoms with Gasteiger partial charge in [0.05, 0.1) is 17.6 Å². The van der Waals surface area contributed by atoms with E-state index >= 15 is 0 Å². The second kappa shape index (κ2) is 8.79. The molecule has 1 atom stereocenters. The average Bonchev–Trinajstić information content (AvgIpc) is 2.58. The molecule has 0 radical (unpaired) electrons. The van der Waals surface area contributed by atoms with E-state index in [-0.39, 0.29) is 5.91 Å². The molecule has 0 bridgehead atoms. The molecule has 0 unspecified atom stereocenters. The van der Waals surface area contributed by atoms with Crippen LogP contribution in [-0.4, -0.2) is 32.9 Å². The maximum atomic E-state index is 12.9. The van der Waals surface area contributed by atoms with E-state index in [1.54, 1.807) is 31.2 Å². The summed E-state index contributed by atoms with van der Waals surface area (Å²) in [6.45, 7) is 1.77. The smallest absolute Gasteiger partial charge is 0.248 e. The van der Waals surface area contributed by atoms with Crippen LogP contribution in [0.15, 0.2) is 53.4 Å². The number of carbonyl (C=O) groups excluding carboxylic acids is 1. The fraction of sp³-hybridized carbons (Fsp3) is 0.278. The van der Waals surface area contributed by atoms with Crippen LogP contribution in [0, 0.1) is 0 Å². The highest BCUT2D eigenvalue weighted by Crippen LogP contribution is 2.28. The molecular formula is C18H21ClN2O3S2. The number of nitrogens with zero attached hydrogens (tertiary/aromatic N) is 1. The molecule has 0 aromatic heterocycles. The lowest BCUT2D eigenvalue weighted by molar-refractivity contribution is -0.117. The molecule has 0 aliphatic heterocycles. The number of sulfonamides is 1. The topological polar surface area (TPSA) is 66.5 Å². The summed E-state index contributed by atoms with van der Waals surface area (Å²) < 4.78 is 26.0. The van der Waals surface area contributed by atoms with Gasteiger partial charge in [0, 0.05) is 9.92 Å². The van der Waals surface area contributed by atoms with Gasteiger partial charge in [-0.3, -0.25) is 9.10 Å². The highest BCUT2D eigenvalue weighted by molar-refractivity contribution is 7.98. The molecule has 0 aliphatic rings. The van der Waals surface area contributed by atoms with Gasteiger partial charge in [-0.2, -0.15) is 0 Å². The number of hydrogen-bond acceptors (Lipinski definition) is 4. The summed E-state index contributed by atoms with van der Waals surface area (Å²) in [4.78, 5) is 13.8. The van der Waals surface area contributed by atoms with E-state index in [2.05, 4.69) is 5.32 Å². The van der Waals surface area contributed by atoms with Crippen molar-refractivity contribution >= 4 is 50.7 Å². The predicted molar refractivity (Wildman–Crippen MR) is 110 cm³/mol. The van der Waals surface area contributed by atoms with Gasteiger partial charge in [-0.25, -0.2) is 8.42 Å². The zero-order valence-corrected chi connectivity index (χ0v) is 17.2. The molecule has 0 spiro atoms. The van der Waals surface area contributed by atoms with Crippen LogP contribution in [0.2, 0.25) is 5.02 Å². The molecule has 0 heterocycles. The molecule has 26 heavy (non-hydrogen) atoms. The molecule has 2 aromatic carbocycles. The van der Waals surface area contributed by atoms with Crippen LogP contribution in [0.1, 0.15) is 13.3 Å². The largest absolute Gasteiger partial charge is 0.323 e. The normalized spacial score (nSPS) is 12.5. The average molecular weight is 413 g/mol. The minimum atomic E-state index is -3.69. The number of anilines is 2. The lowest BCUT2D eigenvalue weighted by Crippen LogP contribution is -2.47. The summed E-state index contributed by atoms with van der Waals surface area (Å²) >= 11 is 7.52. The molecule has 140 valence electrons. The molecule has 1 N–H and O–H groups in total. The third kappa shape index (κ3) is 4.93. The Bertz CT molecular complexity index is 888. The van der Waals surface area contributed by atoms with Gasteiger partial charge in [0.25, 0.3) is 0 Å². The summed E-state index contributed by atoms with van der Waals surface area (Å²) in [6.07, 6.45) is 3.31. The number of carbonyl (C=O) groups is 1. The van der Waals surface area contributed by atoms with Gasteiger partial charge in [-0.1, -0.05) is 36.7 Å². The van der Waals surface area contributed by atoms with Crippen LogP contribution in [0.25, 0.3) is 0 Å². The van der Waals surface area contributed by atoms with Crippen LogP contribution in [-0.2, 0) is 14.8 Å². The highest BCUT2D eigenvalue weighted by Gasteiger charge is 2.31. The number of halogens is 1. The number of nitrogens with one attached hydrogen (secondary N) is 1. The van der Waals surface area contributed by atoms with Crippen molar-refractivity contribution in [2.45, 2.75) is 24.3 Å². The maximum Gasteiger partial charge on any atom is 0.248 e. The zero-order valence-electron chi connectivity index (χ0n) is 14.8. The Morgan fingerprint density at radius 1 is 1.23 bits per heavy atom. The number of benzene rings is 2. The van der Waals surface area contributed by atoms with Gasteiger partial charge in [0.2, 0.25) is 15.9 Å². The number of para-hydroxylation sites is 1. The van der Waals surface area contributed by atoms with Crippen LogP contribution in [0.3, 0.4) is 0 Å². The molecule has 0 saturated carbocycles. The first-order valence-electron chi connectivity index (χ1n) is 7.96. The van der Waals surface area contributed by atoms with Gasteiger partial charge in [0.15, 0.2) is 0 Å². The van der Waals surface area contributed by atoms with E-state index in [1.165, 1.54) is 17.8 Å². The Morgan fingerprint density at radius 3 is 2.50 bits per heavy atom. The van der Waals surface area contributed by atoms with Crippen molar-refractivity contribution in [1.82, 2.24) is 0 Å². The summed E-state index contributed by atoms with van der Waals surface area (Å²) in [5.74, 6) is -0.389. The highest BCUT2D eigenvalue weighted by atomic mass is 35.5. The van der Waals surface area contributed by atoms with Crippen molar-refractivity contribution in [2.75, 3.05) is 22.1 Å². The van der Waals surface area contributed by atoms with Crippen LogP contribution in [0.5, 0.6) is 0 Å². The molecule has 0 fully saturated rings. The van der Waals surface area contributed by atoms with Crippen molar-refractivity contribution in [3.63, 3.8) is 0 Å². The first-order chi connectivity index (χ1) is 12.3. The van der Waals surface area contributed by atoms with Crippen molar-refractivity contribution in [1.29, 1.82) is 0 Å². The molecule has 2 aromatic rings. The monoisotopic (exact) mass is 412 g/mol. The Kier molecular flexibility index (Phi) is 6.97. The van der Waals surface area contributed by atoms with Crippen LogP contribution < -0.4 is 9.62 Å². The van der Waals surface area contributed by atoms with E-state index < -0.39 is 16.1 Å². The Labute approximate surface area is 163 Å². The Hall–Kier alpha value is -1.70. The standard InChI is InChI=1S/C18H21ClN2O3S2/c1-4-16(18(22)20-15-10-5-6-11-17(15)25-2)21(26(3,23)24)14-9-7-8-13(19)12-14/h5-12,16H,4H2,1-3H3,(H,20,22)/t16-/m1/s1. The van der Waals surface area contributed by atoms with Gasteiger partial charge in [-0.15, -0.1) is 11.8 Å². The lowest BCUT2D eigenvalue weighted by atomic mass is 10.2. The van der Waals surface area contributed by atoms with E-state index in [0.717, 1.165) is 15.5 Å². The zero-order chi connectivity index (χ0) is 19.3. The minimum absolute atomic E-state index is 0.312. The minimum Gasteiger partial charge on any atom is -0.323 e. The van der Waals surface area contributed by atoms with E-state index in [1.807, 2.05) is 24.5 Å². The SMILES string of the molecule is CC[C@H](C(=O)Nc1ccccc1SC)N(c1cccc(Cl)c1)S(C)(=O)=O. The molecule has 5 nitrogen and oxygen atoms in total. The van der Waals surface area contributed by atoms with Crippen molar-refractivity contribution in [3.05, 3.63) is 53.6 Å². The first kappa shape index (κ1) is 20.6. The second-order valence-electron chi connectivity index (χ2n) is 5.65. The van der Waals surface area contributed by atoms with Crippen LogP contribution >= 0.6 is 23.4 Å². The van der Waals surface area contributed by atoms with E-state index in [9.17, 15) is 13.2 Å². The Morgan fingerprint density at radius 2 is 1.92 bits per heavy atom. The lowest BCUT2D eigenvalue weighted by Gasteiger charge is -2.30. The van der Waals surface area contributed by atoms with Gasteiger partial charge in [-0.05, 0) is 43.0 Å². The van der Waals surface area contributed by atoms with Gasteiger partial charge < -0.3 is 5.32 Å². The summed E-state index contributed by atoms with van der Waals surface area (Å²) in [7, 11) is -3.69. The number of amides is 1. The van der Waals surface area contributed by atoms with Crippen molar-refractivity contribution < 1.29 is 13.2 Å². The third-order valence-corrected chi connectivity index (χ3v) is 5.97. The van der Waals surface area contributed by atoms with E-state index in [4.69, 9.17) is 11.6 Å². The molecule has 1 amide bonds. The fourth-order valence-electron chi connectivity index (χ4n) is 2.64. The third-order valence-electron chi connectivity index (χ3n) is 3.76. The van der Waals surface area contributed by atoms with Crippen molar-refractivity contribution in [2.24, 2.45) is 0 Å². The van der Waals surface area contributed by atoms with E-state index in [0.29, 0.717) is 22.8 Å². The molecule has 0 saturated heterocycles. The number of thioether (sulfide) groups is 1. The summed E-state index contributed by atoms with van der Waals surface area (Å²) in [5, 5.41) is 3.25. The molecule has 8 heteroatoms. The maximum absolute atomic E-state index is 12.9. The second-order valence-corrected chi connectivity index (χ2v) is 8.80. The first-order valence-corrected chi connectivity index (χ1v) is 11.4. The van der Waals surface area contributed by atoms with Gasteiger partial charge in [0.1, 0.15) is 6.04 Å². The molecular weight excluding hydrogens is 392 g/mol. The molecule has 2 rings (SSSR count).